The molecule has 3 nitrogen and oxygen atoms in total. The van der Waals surface area contributed by atoms with E-state index >= 15 is 0 Å². The third kappa shape index (κ3) is 3.42. The van der Waals surface area contributed by atoms with Crippen LogP contribution in [0.5, 0.6) is 0 Å². The minimum atomic E-state index is 0.284. The summed E-state index contributed by atoms with van der Waals surface area (Å²) in [7, 11) is 1.81. The van der Waals surface area contributed by atoms with Crippen LogP contribution in [0.1, 0.15) is 30.5 Å². The Morgan fingerprint density at radius 1 is 1.50 bits per heavy atom. The summed E-state index contributed by atoms with van der Waals surface area (Å²) in [4.78, 5) is 2.47. The maximum absolute atomic E-state index is 6.05. The molecule has 0 aliphatic carbocycles. The largest absolute Gasteiger partial charge is 0.380 e. The van der Waals surface area contributed by atoms with Crippen LogP contribution in [0.4, 0.5) is 0 Å². The zero-order valence-electron chi connectivity index (χ0n) is 12.6. The summed E-state index contributed by atoms with van der Waals surface area (Å²) >= 11 is 3.56. The number of rotatable bonds is 4. The molecule has 2 N–H and O–H groups in total. The second-order valence-electron chi connectivity index (χ2n) is 5.80. The van der Waals surface area contributed by atoms with Gasteiger partial charge in [-0.15, -0.1) is 0 Å². The number of methoxy groups -OCH3 is 1. The molecule has 1 fully saturated rings. The van der Waals surface area contributed by atoms with Crippen LogP contribution in [-0.2, 0) is 4.74 Å². The topological polar surface area (TPSA) is 38.5 Å². The summed E-state index contributed by atoms with van der Waals surface area (Å²) in [6.07, 6.45) is 1.49. The first-order chi connectivity index (χ1) is 9.56. The zero-order valence-corrected chi connectivity index (χ0v) is 14.2. The van der Waals surface area contributed by atoms with Crippen LogP contribution >= 0.6 is 15.9 Å². The first-order valence-corrected chi connectivity index (χ1v) is 8.09. The SMILES string of the molecule is COC1CN(C(CN)c2ccc(Br)c(C)c2)CCC1C. The van der Waals surface area contributed by atoms with Gasteiger partial charge in [0.05, 0.1) is 6.10 Å². The van der Waals surface area contributed by atoms with Crippen LogP contribution in [0.2, 0.25) is 0 Å². The highest BCUT2D eigenvalue weighted by Gasteiger charge is 2.30. The van der Waals surface area contributed by atoms with Crippen LogP contribution in [0.15, 0.2) is 22.7 Å². The lowest BCUT2D eigenvalue weighted by atomic mass is 9.93. The van der Waals surface area contributed by atoms with E-state index < -0.39 is 0 Å². The van der Waals surface area contributed by atoms with Gasteiger partial charge in [-0.1, -0.05) is 35.0 Å². The third-order valence-electron chi connectivity index (χ3n) is 4.45. The van der Waals surface area contributed by atoms with E-state index in [1.54, 1.807) is 0 Å². The van der Waals surface area contributed by atoms with Crippen molar-refractivity contribution in [3.8, 4) is 0 Å². The Labute approximate surface area is 130 Å². The second-order valence-corrected chi connectivity index (χ2v) is 6.65. The smallest absolute Gasteiger partial charge is 0.0724 e. The van der Waals surface area contributed by atoms with Crippen molar-refractivity contribution in [2.24, 2.45) is 11.7 Å². The van der Waals surface area contributed by atoms with Crippen molar-refractivity contribution in [3.63, 3.8) is 0 Å². The predicted octanol–water partition coefficient (Wildman–Crippen LogP) is 3.11. The van der Waals surface area contributed by atoms with Crippen molar-refractivity contribution in [1.29, 1.82) is 0 Å². The highest BCUT2D eigenvalue weighted by atomic mass is 79.9. The van der Waals surface area contributed by atoms with Crippen molar-refractivity contribution < 1.29 is 4.74 Å². The maximum atomic E-state index is 6.05. The molecule has 1 aliphatic rings. The molecule has 4 heteroatoms. The van der Waals surface area contributed by atoms with E-state index in [2.05, 4.69) is 52.9 Å². The first-order valence-electron chi connectivity index (χ1n) is 7.29. The van der Waals surface area contributed by atoms with Gasteiger partial charge in [0.25, 0.3) is 0 Å². The minimum absolute atomic E-state index is 0.284. The van der Waals surface area contributed by atoms with E-state index in [0.29, 0.717) is 18.6 Å². The molecule has 0 radical (unpaired) electrons. The number of benzene rings is 1. The fourth-order valence-corrected chi connectivity index (χ4v) is 3.27. The molecular formula is C16H25BrN2O. The molecule has 0 spiro atoms. The Morgan fingerprint density at radius 3 is 2.85 bits per heavy atom. The van der Waals surface area contributed by atoms with Crippen molar-refractivity contribution in [2.45, 2.75) is 32.4 Å². The molecule has 2 rings (SSSR count). The molecule has 1 aromatic carbocycles. The van der Waals surface area contributed by atoms with Gasteiger partial charge >= 0.3 is 0 Å². The number of aryl methyl sites for hydroxylation is 1. The van der Waals surface area contributed by atoms with Gasteiger partial charge in [-0.25, -0.2) is 0 Å². The monoisotopic (exact) mass is 340 g/mol. The van der Waals surface area contributed by atoms with Crippen molar-refractivity contribution >= 4 is 15.9 Å². The molecule has 1 aliphatic heterocycles. The van der Waals surface area contributed by atoms with Crippen LogP contribution in [-0.4, -0.2) is 37.7 Å². The lowest BCUT2D eigenvalue weighted by Gasteiger charge is -2.40. The van der Waals surface area contributed by atoms with Crippen LogP contribution in [0.3, 0.4) is 0 Å². The van der Waals surface area contributed by atoms with E-state index in [9.17, 15) is 0 Å². The Bertz CT molecular complexity index is 452. The number of ether oxygens (including phenoxy) is 1. The summed E-state index contributed by atoms with van der Waals surface area (Å²) in [5.41, 5.74) is 8.61. The molecular weight excluding hydrogens is 316 g/mol. The summed E-state index contributed by atoms with van der Waals surface area (Å²) in [5.74, 6) is 0.626. The van der Waals surface area contributed by atoms with Crippen LogP contribution in [0, 0.1) is 12.8 Å². The molecule has 112 valence electrons. The van der Waals surface area contributed by atoms with Crippen molar-refractivity contribution in [3.05, 3.63) is 33.8 Å². The van der Waals surface area contributed by atoms with E-state index in [1.165, 1.54) is 17.5 Å². The Morgan fingerprint density at radius 2 is 2.25 bits per heavy atom. The van der Waals surface area contributed by atoms with Crippen molar-refractivity contribution in [1.82, 2.24) is 4.90 Å². The molecule has 0 saturated carbocycles. The predicted molar refractivity (Wildman–Crippen MR) is 86.8 cm³/mol. The molecule has 1 heterocycles. The van der Waals surface area contributed by atoms with Crippen LogP contribution in [0.25, 0.3) is 0 Å². The molecule has 20 heavy (non-hydrogen) atoms. The number of hydrogen-bond donors (Lipinski definition) is 1. The zero-order chi connectivity index (χ0) is 14.7. The third-order valence-corrected chi connectivity index (χ3v) is 5.34. The Hall–Kier alpha value is -0.420. The number of halogens is 1. The maximum Gasteiger partial charge on any atom is 0.0724 e. The van der Waals surface area contributed by atoms with E-state index in [0.717, 1.165) is 17.6 Å². The lowest BCUT2D eigenvalue weighted by molar-refractivity contribution is -0.0183. The quantitative estimate of drug-likeness (QED) is 0.915. The van der Waals surface area contributed by atoms with Gasteiger partial charge in [0.15, 0.2) is 0 Å². The standard InChI is InChI=1S/C16H25BrN2O/c1-11-6-7-19(10-16(11)20-3)15(9-18)13-4-5-14(17)12(2)8-13/h4-5,8,11,15-16H,6-7,9-10,18H2,1-3H3. The minimum Gasteiger partial charge on any atom is -0.380 e. The van der Waals surface area contributed by atoms with E-state index in [4.69, 9.17) is 10.5 Å². The fourth-order valence-electron chi connectivity index (χ4n) is 3.02. The highest BCUT2D eigenvalue weighted by Crippen LogP contribution is 2.29. The van der Waals surface area contributed by atoms with E-state index in [1.807, 2.05) is 7.11 Å². The molecule has 1 saturated heterocycles. The Balaban J connectivity index is 2.17. The second kappa shape index (κ2) is 7.03. The first kappa shape index (κ1) is 16.0. The number of nitrogens with two attached hydrogens (primary N) is 1. The normalized spacial score (nSPS) is 25.6. The summed E-state index contributed by atoms with van der Waals surface area (Å²) < 4.78 is 6.77. The lowest BCUT2D eigenvalue weighted by Crippen LogP contribution is -2.47. The van der Waals surface area contributed by atoms with Crippen LogP contribution < -0.4 is 5.73 Å². The molecule has 0 bridgehead atoms. The van der Waals surface area contributed by atoms with Gasteiger partial charge in [-0.2, -0.15) is 0 Å². The van der Waals surface area contributed by atoms with Gasteiger partial charge in [0.1, 0.15) is 0 Å². The average molecular weight is 341 g/mol. The number of nitrogens with zero attached hydrogens (tertiary/aromatic N) is 1. The van der Waals surface area contributed by atoms with E-state index in [-0.39, 0.29) is 6.04 Å². The summed E-state index contributed by atoms with van der Waals surface area (Å²) in [5, 5.41) is 0. The molecule has 3 unspecified atom stereocenters. The summed E-state index contributed by atoms with van der Waals surface area (Å²) in [6, 6.07) is 6.82. The average Bonchev–Trinajstić information content (AvgIpc) is 2.45. The summed E-state index contributed by atoms with van der Waals surface area (Å²) in [6.45, 7) is 7.10. The molecule has 1 aromatic rings. The van der Waals surface area contributed by atoms with Gasteiger partial charge in [-0.05, 0) is 43.0 Å². The van der Waals surface area contributed by atoms with Crippen molar-refractivity contribution in [2.75, 3.05) is 26.7 Å². The Kier molecular flexibility index (Phi) is 5.61. The van der Waals surface area contributed by atoms with Gasteiger partial charge in [0, 0.05) is 30.7 Å². The van der Waals surface area contributed by atoms with Gasteiger partial charge in [-0.3, -0.25) is 4.90 Å². The molecule has 3 atom stereocenters. The highest BCUT2D eigenvalue weighted by molar-refractivity contribution is 9.10. The fraction of sp³-hybridized carbons (Fsp3) is 0.625. The number of hydrogen-bond acceptors (Lipinski definition) is 3. The van der Waals surface area contributed by atoms with Gasteiger partial charge in [0.2, 0.25) is 0 Å². The molecule has 0 amide bonds. The molecule has 0 aromatic heterocycles. The number of likely N-dealkylation sites (tertiary alicyclic amines) is 1. The number of piperidine rings is 1. The van der Waals surface area contributed by atoms with Gasteiger partial charge < -0.3 is 10.5 Å².